The van der Waals surface area contributed by atoms with Crippen molar-refractivity contribution < 1.29 is 22.7 Å². The van der Waals surface area contributed by atoms with Crippen molar-refractivity contribution in [2.24, 2.45) is 0 Å². The molecule has 0 fully saturated rings. The van der Waals surface area contributed by atoms with Gasteiger partial charge in [0.1, 0.15) is 5.82 Å². The van der Waals surface area contributed by atoms with E-state index < -0.39 is 15.3 Å². The lowest BCUT2D eigenvalue weighted by atomic mass is 10.1. The molecule has 26 heavy (non-hydrogen) atoms. The zero-order chi connectivity index (χ0) is 19.3. The SMILES string of the molecule is COc1cc(CCC(=O)Cl)c(S(=O)(=O)Nc2ccc(C)cn2)cc1OC. The number of methoxy groups -OCH3 is 2. The van der Waals surface area contributed by atoms with Gasteiger partial charge in [-0.3, -0.25) is 9.52 Å². The van der Waals surface area contributed by atoms with Crippen LogP contribution in [-0.2, 0) is 21.2 Å². The van der Waals surface area contributed by atoms with E-state index in [1.165, 1.54) is 26.4 Å². The van der Waals surface area contributed by atoms with E-state index in [1.54, 1.807) is 18.3 Å². The van der Waals surface area contributed by atoms with Gasteiger partial charge in [0.25, 0.3) is 10.0 Å². The molecular weight excluding hydrogens is 380 g/mol. The number of nitrogens with zero attached hydrogens (tertiary/aromatic N) is 1. The van der Waals surface area contributed by atoms with Gasteiger partial charge >= 0.3 is 0 Å². The summed E-state index contributed by atoms with van der Waals surface area (Å²) in [7, 11) is -1.12. The van der Waals surface area contributed by atoms with Crippen LogP contribution in [0.5, 0.6) is 11.5 Å². The Morgan fingerprint density at radius 2 is 1.85 bits per heavy atom. The van der Waals surface area contributed by atoms with Gasteiger partial charge in [0.05, 0.1) is 19.1 Å². The summed E-state index contributed by atoms with van der Waals surface area (Å²) in [5, 5.41) is -0.559. The van der Waals surface area contributed by atoms with Crippen molar-refractivity contribution >= 4 is 32.7 Å². The van der Waals surface area contributed by atoms with Crippen molar-refractivity contribution in [1.29, 1.82) is 0 Å². The van der Waals surface area contributed by atoms with Crippen LogP contribution in [0.3, 0.4) is 0 Å². The average molecular weight is 399 g/mol. The molecule has 9 heteroatoms. The molecule has 0 spiro atoms. The molecule has 0 amide bonds. The molecule has 140 valence electrons. The molecule has 0 aliphatic heterocycles. The quantitative estimate of drug-likeness (QED) is 0.687. The minimum absolute atomic E-state index is 0.0116. The number of hydrogen-bond acceptors (Lipinski definition) is 6. The maximum atomic E-state index is 12.9. The number of pyridine rings is 1. The molecule has 2 aromatic rings. The first-order valence-corrected chi connectivity index (χ1v) is 9.51. The number of halogens is 1. The predicted molar refractivity (Wildman–Crippen MR) is 98.5 cm³/mol. The van der Waals surface area contributed by atoms with Crippen molar-refractivity contribution in [2.45, 2.75) is 24.7 Å². The molecule has 2 rings (SSSR count). The molecule has 0 atom stereocenters. The molecule has 0 radical (unpaired) electrons. The number of carbonyl (C=O) groups is 1. The van der Waals surface area contributed by atoms with Gasteiger partial charge in [0.15, 0.2) is 11.5 Å². The van der Waals surface area contributed by atoms with Crippen LogP contribution in [0.15, 0.2) is 35.4 Å². The number of nitrogens with one attached hydrogen (secondary N) is 1. The lowest BCUT2D eigenvalue weighted by Gasteiger charge is -2.15. The molecule has 7 nitrogen and oxygen atoms in total. The Labute approximate surface area is 157 Å². The summed E-state index contributed by atoms with van der Waals surface area (Å²) in [6.07, 6.45) is 1.68. The lowest BCUT2D eigenvalue weighted by Crippen LogP contribution is -2.16. The Kier molecular flexibility index (Phi) is 6.44. The fourth-order valence-electron chi connectivity index (χ4n) is 2.30. The van der Waals surface area contributed by atoms with Crippen LogP contribution in [0.1, 0.15) is 17.5 Å². The largest absolute Gasteiger partial charge is 0.493 e. The number of anilines is 1. The third-order valence-electron chi connectivity index (χ3n) is 3.60. The van der Waals surface area contributed by atoms with E-state index in [4.69, 9.17) is 21.1 Å². The fourth-order valence-corrected chi connectivity index (χ4v) is 3.67. The van der Waals surface area contributed by atoms with Crippen molar-refractivity contribution in [3.63, 3.8) is 0 Å². The molecule has 0 saturated heterocycles. The highest BCUT2D eigenvalue weighted by molar-refractivity contribution is 7.92. The molecule has 0 aliphatic rings. The van der Waals surface area contributed by atoms with Crippen LogP contribution < -0.4 is 14.2 Å². The molecule has 1 aromatic heterocycles. The Bertz CT molecular complexity index is 898. The highest BCUT2D eigenvalue weighted by Gasteiger charge is 2.23. The van der Waals surface area contributed by atoms with Crippen LogP contribution in [0.25, 0.3) is 0 Å². The Balaban J connectivity index is 2.49. The van der Waals surface area contributed by atoms with E-state index in [-0.39, 0.29) is 29.3 Å². The topological polar surface area (TPSA) is 94.6 Å². The number of benzene rings is 1. The number of rotatable bonds is 8. The van der Waals surface area contributed by atoms with Crippen molar-refractivity contribution in [3.05, 3.63) is 41.6 Å². The first-order valence-electron chi connectivity index (χ1n) is 7.65. The lowest BCUT2D eigenvalue weighted by molar-refractivity contribution is -0.111. The van der Waals surface area contributed by atoms with Crippen molar-refractivity contribution in [2.75, 3.05) is 18.9 Å². The number of sulfonamides is 1. The summed E-state index contributed by atoms with van der Waals surface area (Å²) < 4.78 is 38.5. The van der Waals surface area contributed by atoms with E-state index in [0.717, 1.165) is 5.56 Å². The average Bonchev–Trinajstić information content (AvgIpc) is 2.60. The van der Waals surface area contributed by atoms with E-state index in [2.05, 4.69) is 9.71 Å². The second-order valence-electron chi connectivity index (χ2n) is 5.50. The van der Waals surface area contributed by atoms with Gasteiger partial charge in [-0.25, -0.2) is 13.4 Å². The smallest absolute Gasteiger partial charge is 0.263 e. The zero-order valence-electron chi connectivity index (χ0n) is 14.6. The summed E-state index contributed by atoms with van der Waals surface area (Å²) >= 11 is 5.40. The molecular formula is C17H19ClN2O5S. The molecule has 1 heterocycles. The van der Waals surface area contributed by atoms with E-state index in [1.807, 2.05) is 6.92 Å². The Hall–Kier alpha value is -2.32. The minimum Gasteiger partial charge on any atom is -0.493 e. The molecule has 1 N–H and O–H groups in total. The first-order chi connectivity index (χ1) is 12.3. The number of aryl methyl sites for hydroxylation is 2. The third kappa shape index (κ3) is 4.86. The zero-order valence-corrected chi connectivity index (χ0v) is 16.1. The van der Waals surface area contributed by atoms with Gasteiger partial charge in [-0.2, -0.15) is 0 Å². The summed E-state index contributed by atoms with van der Waals surface area (Å²) in [5.74, 6) is 0.798. The van der Waals surface area contributed by atoms with E-state index in [0.29, 0.717) is 11.3 Å². The standard InChI is InChI=1S/C17H19ClN2O5S/c1-11-4-7-17(19-10-11)20-26(22,23)15-9-14(25-3)13(24-2)8-12(15)5-6-16(18)21/h4,7-10H,5-6H2,1-3H3,(H,19,20). The van der Waals surface area contributed by atoms with Gasteiger partial charge in [0, 0.05) is 18.7 Å². The second kappa shape index (κ2) is 8.37. The van der Waals surface area contributed by atoms with Crippen LogP contribution >= 0.6 is 11.6 Å². The molecule has 1 aromatic carbocycles. The fraction of sp³-hybridized carbons (Fsp3) is 0.294. The molecule has 0 unspecified atom stereocenters. The molecule has 0 bridgehead atoms. The van der Waals surface area contributed by atoms with Crippen LogP contribution in [0.4, 0.5) is 5.82 Å². The number of hydrogen-bond donors (Lipinski definition) is 1. The van der Waals surface area contributed by atoms with Crippen molar-refractivity contribution in [1.82, 2.24) is 4.98 Å². The van der Waals surface area contributed by atoms with Gasteiger partial charge in [-0.15, -0.1) is 0 Å². The van der Waals surface area contributed by atoms with Gasteiger partial charge < -0.3 is 9.47 Å². The predicted octanol–water partition coefficient (Wildman–Crippen LogP) is 2.91. The van der Waals surface area contributed by atoms with E-state index in [9.17, 15) is 13.2 Å². The van der Waals surface area contributed by atoms with E-state index >= 15 is 0 Å². The van der Waals surface area contributed by atoms with Gasteiger partial charge in [-0.05, 0) is 48.2 Å². The Morgan fingerprint density at radius 3 is 2.38 bits per heavy atom. The molecule has 0 saturated carbocycles. The maximum Gasteiger partial charge on any atom is 0.263 e. The highest BCUT2D eigenvalue weighted by atomic mass is 35.5. The van der Waals surface area contributed by atoms with Crippen LogP contribution in [0, 0.1) is 6.92 Å². The summed E-state index contributed by atoms with van der Waals surface area (Å²) in [6.45, 7) is 1.85. The first kappa shape index (κ1) is 20.0. The summed E-state index contributed by atoms with van der Waals surface area (Å²) in [5.41, 5.74) is 1.29. The summed E-state index contributed by atoms with van der Waals surface area (Å²) in [6, 6.07) is 6.18. The number of ether oxygens (including phenoxy) is 2. The second-order valence-corrected chi connectivity index (χ2v) is 7.57. The minimum atomic E-state index is -3.96. The number of aromatic nitrogens is 1. The molecule has 0 aliphatic carbocycles. The normalized spacial score (nSPS) is 11.1. The van der Waals surface area contributed by atoms with Crippen LogP contribution in [-0.4, -0.2) is 32.9 Å². The van der Waals surface area contributed by atoms with Crippen molar-refractivity contribution in [3.8, 4) is 11.5 Å². The highest BCUT2D eigenvalue weighted by Crippen LogP contribution is 2.34. The third-order valence-corrected chi connectivity index (χ3v) is 5.22. The Morgan fingerprint density at radius 1 is 1.19 bits per heavy atom. The van der Waals surface area contributed by atoms with Crippen LogP contribution in [0.2, 0.25) is 0 Å². The maximum absolute atomic E-state index is 12.9. The summed E-state index contributed by atoms with van der Waals surface area (Å²) in [4.78, 5) is 15.1. The monoisotopic (exact) mass is 398 g/mol. The van der Waals surface area contributed by atoms with Gasteiger partial charge in [-0.1, -0.05) is 6.07 Å². The number of carbonyl (C=O) groups excluding carboxylic acids is 1. The van der Waals surface area contributed by atoms with Gasteiger partial charge in [0.2, 0.25) is 5.24 Å².